The molecule has 0 atom stereocenters. The van der Waals surface area contributed by atoms with Crippen LogP contribution in [0.25, 0.3) is 0 Å². The van der Waals surface area contributed by atoms with Crippen LogP contribution in [0, 0.1) is 6.92 Å². The highest BCUT2D eigenvalue weighted by molar-refractivity contribution is 7.99. The molecule has 2 aromatic carbocycles. The fraction of sp³-hybridized carbons (Fsp3) is 0.188. The topological polar surface area (TPSA) is 20.3 Å². The summed E-state index contributed by atoms with van der Waals surface area (Å²) in [7, 11) is 0. The van der Waals surface area contributed by atoms with Crippen LogP contribution in [-0.2, 0) is 0 Å². The average molecular weight is 304 g/mol. The first-order valence-electron chi connectivity index (χ1n) is 6.50. The van der Waals surface area contributed by atoms with Gasteiger partial charge in [-0.25, -0.2) is 0 Å². The van der Waals surface area contributed by atoms with Crippen molar-refractivity contribution in [2.24, 2.45) is 0 Å². The zero-order valence-electron chi connectivity index (χ0n) is 11.3. The number of fused-ring (bicyclic) bond motifs is 2. The molecule has 0 spiro atoms. The van der Waals surface area contributed by atoms with Crippen LogP contribution in [0.4, 0.5) is 5.69 Å². The Kier molecular flexibility index (Phi) is 3.48. The summed E-state index contributed by atoms with van der Waals surface area (Å²) >= 11 is 7.71. The van der Waals surface area contributed by atoms with Crippen LogP contribution in [0.5, 0.6) is 0 Å². The Morgan fingerprint density at radius 3 is 2.70 bits per heavy atom. The number of carbonyl (C=O) groups is 1. The summed E-state index contributed by atoms with van der Waals surface area (Å²) < 4.78 is 0. The second kappa shape index (κ2) is 5.15. The van der Waals surface area contributed by atoms with Crippen molar-refractivity contribution >= 4 is 35.0 Å². The monoisotopic (exact) mass is 303 g/mol. The van der Waals surface area contributed by atoms with E-state index >= 15 is 0 Å². The van der Waals surface area contributed by atoms with Crippen molar-refractivity contribution in [2.45, 2.75) is 23.6 Å². The Hall–Kier alpha value is -1.45. The van der Waals surface area contributed by atoms with Gasteiger partial charge in [0, 0.05) is 21.4 Å². The van der Waals surface area contributed by atoms with Crippen molar-refractivity contribution in [3.63, 3.8) is 0 Å². The van der Waals surface area contributed by atoms with E-state index in [0.29, 0.717) is 11.6 Å². The quantitative estimate of drug-likeness (QED) is 0.755. The minimum Gasteiger partial charge on any atom is -0.307 e. The molecule has 0 radical (unpaired) electrons. The number of halogens is 1. The molecular formula is C16H14ClNOS. The lowest BCUT2D eigenvalue weighted by molar-refractivity contribution is 0.0985. The largest absolute Gasteiger partial charge is 0.307 e. The highest BCUT2D eigenvalue weighted by Crippen LogP contribution is 2.42. The third kappa shape index (κ3) is 2.21. The zero-order chi connectivity index (χ0) is 14.3. The lowest BCUT2D eigenvalue weighted by Gasteiger charge is -2.21. The maximum Gasteiger partial charge on any atom is 0.259 e. The molecule has 1 heterocycles. The fourth-order valence-corrected chi connectivity index (χ4v) is 3.82. The molecule has 0 N–H and O–H groups in total. The van der Waals surface area contributed by atoms with E-state index in [9.17, 15) is 4.79 Å². The number of nitrogens with zero attached hydrogens (tertiary/aromatic N) is 1. The van der Waals surface area contributed by atoms with Gasteiger partial charge in [-0.15, -0.1) is 0 Å². The summed E-state index contributed by atoms with van der Waals surface area (Å²) in [6.07, 6.45) is 0. The number of benzene rings is 2. The van der Waals surface area contributed by atoms with E-state index in [1.54, 1.807) is 16.7 Å². The van der Waals surface area contributed by atoms with Gasteiger partial charge in [0.25, 0.3) is 5.91 Å². The van der Waals surface area contributed by atoms with Crippen LogP contribution in [0.3, 0.4) is 0 Å². The van der Waals surface area contributed by atoms with Crippen molar-refractivity contribution < 1.29 is 4.79 Å². The molecule has 0 fully saturated rings. The highest BCUT2D eigenvalue weighted by atomic mass is 35.5. The second-order valence-corrected chi connectivity index (χ2v) is 6.28. The number of amides is 1. The van der Waals surface area contributed by atoms with E-state index in [0.717, 1.165) is 26.6 Å². The Labute approximate surface area is 127 Å². The highest BCUT2D eigenvalue weighted by Gasteiger charge is 2.26. The molecule has 1 amide bonds. The smallest absolute Gasteiger partial charge is 0.259 e. The zero-order valence-corrected chi connectivity index (χ0v) is 12.9. The molecule has 0 saturated heterocycles. The van der Waals surface area contributed by atoms with Gasteiger partial charge in [-0.05, 0) is 49.7 Å². The number of carbonyl (C=O) groups excluding carboxylic acids is 1. The van der Waals surface area contributed by atoms with Crippen molar-refractivity contribution in [1.82, 2.24) is 0 Å². The molecule has 0 aromatic heterocycles. The summed E-state index contributed by atoms with van der Waals surface area (Å²) in [6.45, 7) is 4.66. The van der Waals surface area contributed by atoms with Crippen molar-refractivity contribution in [2.75, 3.05) is 11.4 Å². The van der Waals surface area contributed by atoms with Crippen molar-refractivity contribution in [3.05, 3.63) is 52.5 Å². The Balaban J connectivity index is 2.24. The average Bonchev–Trinajstić information content (AvgIpc) is 2.52. The number of hydrogen-bond donors (Lipinski definition) is 0. The van der Waals surface area contributed by atoms with E-state index in [1.165, 1.54) is 0 Å². The van der Waals surface area contributed by atoms with E-state index in [-0.39, 0.29) is 5.91 Å². The lowest BCUT2D eigenvalue weighted by atomic mass is 10.1. The molecule has 0 aliphatic carbocycles. The molecule has 1 aliphatic heterocycles. The molecule has 2 aromatic rings. The van der Waals surface area contributed by atoms with E-state index < -0.39 is 0 Å². The van der Waals surface area contributed by atoms with Gasteiger partial charge in [-0.2, -0.15) is 0 Å². The number of rotatable bonds is 1. The van der Waals surface area contributed by atoms with Crippen LogP contribution in [0.1, 0.15) is 22.8 Å². The summed E-state index contributed by atoms with van der Waals surface area (Å²) in [6, 6.07) is 11.6. The molecule has 2 nitrogen and oxygen atoms in total. The van der Waals surface area contributed by atoms with Crippen LogP contribution in [-0.4, -0.2) is 12.5 Å². The van der Waals surface area contributed by atoms with Gasteiger partial charge in [0.1, 0.15) is 0 Å². The predicted molar refractivity (Wildman–Crippen MR) is 84.1 cm³/mol. The van der Waals surface area contributed by atoms with Crippen molar-refractivity contribution in [1.29, 1.82) is 0 Å². The van der Waals surface area contributed by atoms with Gasteiger partial charge in [-0.3, -0.25) is 4.79 Å². The molecule has 1 aliphatic rings. The van der Waals surface area contributed by atoms with E-state index in [1.807, 2.05) is 44.2 Å². The molecule has 3 rings (SSSR count). The first-order chi connectivity index (χ1) is 9.60. The van der Waals surface area contributed by atoms with Crippen LogP contribution >= 0.6 is 23.4 Å². The summed E-state index contributed by atoms with van der Waals surface area (Å²) in [5.41, 5.74) is 2.84. The summed E-state index contributed by atoms with van der Waals surface area (Å²) in [5.74, 6) is 0.0519. The third-order valence-electron chi connectivity index (χ3n) is 3.36. The molecule has 0 bridgehead atoms. The maximum atomic E-state index is 12.7. The SMILES string of the molecule is CCN1C(=O)c2ccc(C)cc2Sc2cc(Cl)ccc21. The number of aryl methyl sites for hydroxylation is 1. The van der Waals surface area contributed by atoms with Gasteiger partial charge in [0.15, 0.2) is 0 Å². The number of anilines is 1. The first-order valence-corrected chi connectivity index (χ1v) is 7.69. The minimum atomic E-state index is 0.0519. The van der Waals surface area contributed by atoms with Crippen molar-refractivity contribution in [3.8, 4) is 0 Å². The normalized spacial score (nSPS) is 13.8. The molecule has 20 heavy (non-hydrogen) atoms. The minimum absolute atomic E-state index is 0.0519. The van der Waals surface area contributed by atoms with Crippen LogP contribution in [0.2, 0.25) is 5.02 Å². The maximum absolute atomic E-state index is 12.7. The molecule has 4 heteroatoms. The van der Waals surface area contributed by atoms with Gasteiger partial charge < -0.3 is 4.90 Å². The fourth-order valence-electron chi connectivity index (χ4n) is 2.37. The van der Waals surface area contributed by atoms with Gasteiger partial charge in [0.2, 0.25) is 0 Å². The van der Waals surface area contributed by atoms with Crippen LogP contribution < -0.4 is 4.90 Å². The van der Waals surface area contributed by atoms with Gasteiger partial charge in [-0.1, -0.05) is 29.4 Å². The molecule has 102 valence electrons. The van der Waals surface area contributed by atoms with Gasteiger partial charge in [0.05, 0.1) is 11.3 Å². The van der Waals surface area contributed by atoms with E-state index in [4.69, 9.17) is 11.6 Å². The first kappa shape index (κ1) is 13.5. The van der Waals surface area contributed by atoms with Gasteiger partial charge >= 0.3 is 0 Å². The number of hydrogen-bond acceptors (Lipinski definition) is 2. The molecule has 0 unspecified atom stereocenters. The lowest BCUT2D eigenvalue weighted by Crippen LogP contribution is -2.30. The molecule has 0 saturated carbocycles. The second-order valence-electron chi connectivity index (χ2n) is 4.76. The summed E-state index contributed by atoms with van der Waals surface area (Å²) in [5, 5.41) is 0.691. The van der Waals surface area contributed by atoms with E-state index in [2.05, 4.69) is 6.07 Å². The Morgan fingerprint density at radius 2 is 1.95 bits per heavy atom. The Morgan fingerprint density at radius 1 is 1.15 bits per heavy atom. The Bertz CT molecular complexity index is 699. The summed E-state index contributed by atoms with van der Waals surface area (Å²) in [4.78, 5) is 16.5. The molecular weight excluding hydrogens is 290 g/mol. The third-order valence-corrected chi connectivity index (χ3v) is 4.70. The predicted octanol–water partition coefficient (Wildman–Crippen LogP) is 4.78. The van der Waals surface area contributed by atoms with Crippen LogP contribution in [0.15, 0.2) is 46.2 Å². The standard InChI is InChI=1S/C16H14ClNOS/c1-3-18-13-7-5-11(17)9-15(13)20-14-8-10(2)4-6-12(14)16(18)19/h4-9H,3H2,1-2H3.